The number of phosphoric acid groups is 2. The van der Waals surface area contributed by atoms with Gasteiger partial charge in [-0.15, -0.1) is 0 Å². The van der Waals surface area contributed by atoms with E-state index in [0.29, 0.717) is 25.7 Å². The fourth-order valence-corrected chi connectivity index (χ4v) is 13.6. The van der Waals surface area contributed by atoms with E-state index in [0.717, 1.165) is 108 Å². The van der Waals surface area contributed by atoms with E-state index < -0.39 is 97.5 Å². The average molecular weight is 1440 g/mol. The molecule has 0 aliphatic rings. The van der Waals surface area contributed by atoms with Gasteiger partial charge in [-0.2, -0.15) is 0 Å². The van der Waals surface area contributed by atoms with Crippen molar-refractivity contribution in [2.75, 3.05) is 39.6 Å². The molecular formula is C79H154O17P2. The van der Waals surface area contributed by atoms with E-state index in [9.17, 15) is 43.2 Å². The molecule has 0 aliphatic heterocycles. The number of carbonyl (C=O) groups excluding carboxylic acids is 4. The lowest BCUT2D eigenvalue weighted by atomic mass is 9.99. The summed E-state index contributed by atoms with van der Waals surface area (Å²) in [6.45, 7) is 12.0. The zero-order chi connectivity index (χ0) is 72.3. The highest BCUT2D eigenvalue weighted by atomic mass is 31.2. The van der Waals surface area contributed by atoms with Crippen LogP contribution in [0.2, 0.25) is 0 Å². The minimum absolute atomic E-state index is 0.105. The number of carbonyl (C=O) groups is 4. The maximum Gasteiger partial charge on any atom is 0.472 e. The van der Waals surface area contributed by atoms with Crippen LogP contribution in [-0.2, 0) is 65.4 Å². The van der Waals surface area contributed by atoms with E-state index in [-0.39, 0.29) is 25.7 Å². The second-order valence-electron chi connectivity index (χ2n) is 29.4. The molecule has 0 aromatic carbocycles. The van der Waals surface area contributed by atoms with Gasteiger partial charge in [0.25, 0.3) is 0 Å². The van der Waals surface area contributed by atoms with Crippen LogP contribution in [0.25, 0.3) is 0 Å². The maximum absolute atomic E-state index is 13.1. The summed E-state index contributed by atoms with van der Waals surface area (Å²) in [6, 6.07) is 0. The number of esters is 4. The van der Waals surface area contributed by atoms with Crippen LogP contribution in [0.1, 0.15) is 408 Å². The van der Waals surface area contributed by atoms with E-state index in [2.05, 4.69) is 48.5 Å². The van der Waals surface area contributed by atoms with Crippen molar-refractivity contribution in [1.82, 2.24) is 0 Å². The minimum Gasteiger partial charge on any atom is -0.462 e. The summed E-state index contributed by atoms with van der Waals surface area (Å²) in [7, 11) is -9.92. The third-order valence-electron chi connectivity index (χ3n) is 19.1. The molecule has 0 saturated carbocycles. The van der Waals surface area contributed by atoms with Crippen molar-refractivity contribution >= 4 is 39.5 Å². The number of aliphatic hydroxyl groups excluding tert-OH is 1. The third-order valence-corrected chi connectivity index (χ3v) is 21.0. The summed E-state index contributed by atoms with van der Waals surface area (Å²) < 4.78 is 68.6. The van der Waals surface area contributed by atoms with E-state index in [1.807, 2.05) is 0 Å². The van der Waals surface area contributed by atoms with Gasteiger partial charge >= 0.3 is 39.5 Å². The molecule has 0 amide bonds. The SMILES string of the molecule is CCCCCCCCCCCCCC(=O)OC[C@H](COP(=O)(O)OC[C@H](O)COP(=O)(O)OC[C@@H](COC(=O)CCCCCCCCCCCCCCCCC(C)CC)OC(=O)CCCCCCCCCCCCCCCCC(C)CC)OC(=O)CCCCCCCCCCC(C)C. The molecule has 17 nitrogen and oxygen atoms in total. The van der Waals surface area contributed by atoms with Crippen molar-refractivity contribution in [2.24, 2.45) is 17.8 Å². The van der Waals surface area contributed by atoms with Gasteiger partial charge in [0.1, 0.15) is 19.3 Å². The van der Waals surface area contributed by atoms with Crippen LogP contribution in [0.15, 0.2) is 0 Å². The van der Waals surface area contributed by atoms with Gasteiger partial charge in [-0.25, -0.2) is 9.13 Å². The third kappa shape index (κ3) is 69.8. The van der Waals surface area contributed by atoms with Gasteiger partial charge < -0.3 is 33.8 Å². The van der Waals surface area contributed by atoms with Crippen molar-refractivity contribution in [2.45, 2.75) is 426 Å². The van der Waals surface area contributed by atoms with Gasteiger partial charge in [0, 0.05) is 25.7 Å². The molecular weight excluding hydrogens is 1280 g/mol. The van der Waals surface area contributed by atoms with Crippen LogP contribution < -0.4 is 0 Å². The molecule has 19 heteroatoms. The van der Waals surface area contributed by atoms with E-state index in [1.165, 1.54) is 218 Å². The van der Waals surface area contributed by atoms with Crippen LogP contribution in [-0.4, -0.2) is 96.7 Å². The first-order valence-electron chi connectivity index (χ1n) is 40.9. The summed E-state index contributed by atoms with van der Waals surface area (Å²) >= 11 is 0. The largest absolute Gasteiger partial charge is 0.472 e. The Bertz CT molecular complexity index is 1910. The van der Waals surface area contributed by atoms with Gasteiger partial charge in [-0.3, -0.25) is 37.3 Å². The number of hydrogen-bond donors (Lipinski definition) is 3. The van der Waals surface area contributed by atoms with E-state index in [4.69, 9.17) is 37.0 Å². The number of hydrogen-bond acceptors (Lipinski definition) is 15. The molecule has 7 atom stereocenters. The zero-order valence-corrected chi connectivity index (χ0v) is 66.0. The molecule has 0 radical (unpaired) electrons. The minimum atomic E-state index is -4.96. The lowest BCUT2D eigenvalue weighted by Gasteiger charge is -2.21. The van der Waals surface area contributed by atoms with Crippen molar-refractivity contribution in [3.63, 3.8) is 0 Å². The standard InChI is InChI=1S/C79H154O17P2/c1-8-11-12-13-14-15-24-31-39-46-53-60-76(81)89-67-75(96-79(84)63-56-49-42-35-34-36-43-50-57-70(4)5)69-94-98(87,88)92-65-73(80)64-91-97(85,86)93-68-74(95-78(83)62-55-48-41-33-28-23-19-17-21-26-30-38-45-52-59-72(7)10-3)66-90-77(82)61-54-47-40-32-27-22-18-16-20-25-29-37-44-51-58-71(6)9-2/h70-75,80H,8-69H2,1-7H3,(H,85,86)(H,87,88)/t71?,72?,73-,74-,75-/m1/s1. The van der Waals surface area contributed by atoms with Gasteiger partial charge in [0.2, 0.25) is 0 Å². The monoisotopic (exact) mass is 1440 g/mol. The Morgan fingerprint density at radius 2 is 0.520 bits per heavy atom. The van der Waals surface area contributed by atoms with E-state index >= 15 is 0 Å². The highest BCUT2D eigenvalue weighted by molar-refractivity contribution is 7.47. The van der Waals surface area contributed by atoms with Crippen molar-refractivity contribution in [3.8, 4) is 0 Å². The molecule has 0 aliphatic carbocycles. The first-order valence-corrected chi connectivity index (χ1v) is 43.9. The van der Waals surface area contributed by atoms with Crippen LogP contribution in [0.4, 0.5) is 0 Å². The molecule has 3 N–H and O–H groups in total. The Balaban J connectivity index is 5.24. The lowest BCUT2D eigenvalue weighted by Crippen LogP contribution is -2.30. The van der Waals surface area contributed by atoms with Gasteiger partial charge in [0.15, 0.2) is 12.2 Å². The Morgan fingerprint density at radius 1 is 0.296 bits per heavy atom. The first kappa shape index (κ1) is 96.1. The predicted octanol–water partition coefficient (Wildman–Crippen LogP) is 23.4. The topological polar surface area (TPSA) is 237 Å². The number of ether oxygens (including phenoxy) is 4. The number of unbranched alkanes of at least 4 members (excludes halogenated alkanes) is 43. The smallest absolute Gasteiger partial charge is 0.462 e. The maximum atomic E-state index is 13.1. The quantitative estimate of drug-likeness (QED) is 0.0222. The van der Waals surface area contributed by atoms with Crippen LogP contribution in [0.3, 0.4) is 0 Å². The Kier molecular flexibility index (Phi) is 68.1. The Labute approximate surface area is 600 Å². The van der Waals surface area contributed by atoms with Gasteiger partial charge in [0.05, 0.1) is 26.4 Å². The molecule has 0 saturated heterocycles. The van der Waals surface area contributed by atoms with Gasteiger partial charge in [-0.1, -0.05) is 357 Å². The summed E-state index contributed by atoms with van der Waals surface area (Å²) in [5.74, 6) is 0.300. The molecule has 0 fully saturated rings. The summed E-state index contributed by atoms with van der Waals surface area (Å²) in [6.07, 6.45) is 56.7. The summed E-state index contributed by atoms with van der Waals surface area (Å²) in [5, 5.41) is 10.6. The molecule has 0 spiro atoms. The molecule has 0 heterocycles. The second kappa shape index (κ2) is 69.4. The Hall–Kier alpha value is -1.94. The Morgan fingerprint density at radius 3 is 0.776 bits per heavy atom. The molecule has 582 valence electrons. The molecule has 0 aromatic rings. The molecule has 98 heavy (non-hydrogen) atoms. The van der Waals surface area contributed by atoms with E-state index in [1.54, 1.807) is 0 Å². The van der Waals surface area contributed by atoms with Crippen LogP contribution >= 0.6 is 15.6 Å². The van der Waals surface area contributed by atoms with Gasteiger partial charge in [-0.05, 0) is 43.4 Å². The molecule has 0 bridgehead atoms. The summed E-state index contributed by atoms with van der Waals surface area (Å²) in [5.41, 5.74) is 0. The van der Waals surface area contributed by atoms with Crippen molar-refractivity contribution in [3.05, 3.63) is 0 Å². The number of aliphatic hydroxyl groups is 1. The summed E-state index contributed by atoms with van der Waals surface area (Å²) in [4.78, 5) is 72.9. The molecule has 0 aromatic heterocycles. The lowest BCUT2D eigenvalue weighted by molar-refractivity contribution is -0.161. The fraction of sp³-hybridized carbons (Fsp3) is 0.949. The number of rotatable bonds is 77. The van der Waals surface area contributed by atoms with Crippen molar-refractivity contribution < 1.29 is 80.2 Å². The van der Waals surface area contributed by atoms with Crippen LogP contribution in [0, 0.1) is 17.8 Å². The highest BCUT2D eigenvalue weighted by Crippen LogP contribution is 2.45. The average Bonchev–Trinajstić information content (AvgIpc) is 1.44. The normalized spacial score (nSPS) is 14.6. The second-order valence-corrected chi connectivity index (χ2v) is 32.3. The predicted molar refractivity (Wildman–Crippen MR) is 400 cm³/mol. The number of phosphoric ester groups is 2. The highest BCUT2D eigenvalue weighted by Gasteiger charge is 2.30. The van der Waals surface area contributed by atoms with Crippen LogP contribution in [0.5, 0.6) is 0 Å². The fourth-order valence-electron chi connectivity index (χ4n) is 12.1. The van der Waals surface area contributed by atoms with Crippen molar-refractivity contribution in [1.29, 1.82) is 0 Å². The molecule has 0 rings (SSSR count). The first-order chi connectivity index (χ1) is 47.3. The zero-order valence-electron chi connectivity index (χ0n) is 64.3. The molecule has 4 unspecified atom stereocenters.